The Kier molecular flexibility index (Phi) is 8.73. The summed E-state index contributed by atoms with van der Waals surface area (Å²) in [6, 6.07) is 7.22. The number of ether oxygens (including phenoxy) is 2. The average molecular weight is 318 g/mol. The van der Waals surface area contributed by atoms with E-state index in [4.69, 9.17) is 4.74 Å². The van der Waals surface area contributed by atoms with E-state index in [-0.39, 0.29) is 11.8 Å². The number of Topliss-reactive ketones (excluding diaryl/α,β-unsaturated/α-hetero) is 1. The number of allylic oxidation sites excluding steroid dienone is 1. The van der Waals surface area contributed by atoms with Gasteiger partial charge in [0.1, 0.15) is 5.75 Å². The Morgan fingerprint density at radius 3 is 2.43 bits per heavy atom. The summed E-state index contributed by atoms with van der Waals surface area (Å²) < 4.78 is 9.65. The molecule has 0 saturated carbocycles. The molecule has 126 valence electrons. The number of esters is 1. The van der Waals surface area contributed by atoms with Gasteiger partial charge in [-0.05, 0) is 49.4 Å². The van der Waals surface area contributed by atoms with Gasteiger partial charge in [-0.15, -0.1) is 0 Å². The first-order valence-corrected chi connectivity index (χ1v) is 8.02. The van der Waals surface area contributed by atoms with Crippen molar-refractivity contribution in [3.63, 3.8) is 0 Å². The highest BCUT2D eigenvalue weighted by molar-refractivity contribution is 5.96. The van der Waals surface area contributed by atoms with Crippen LogP contribution in [0.4, 0.5) is 0 Å². The Balaban J connectivity index is 2.36. The molecule has 0 aliphatic rings. The van der Waals surface area contributed by atoms with Crippen LogP contribution in [0.5, 0.6) is 5.75 Å². The zero-order valence-electron chi connectivity index (χ0n) is 14.2. The monoisotopic (exact) mass is 318 g/mol. The van der Waals surface area contributed by atoms with Crippen LogP contribution >= 0.6 is 0 Å². The normalized spacial score (nSPS) is 12.1. The molecule has 0 spiro atoms. The van der Waals surface area contributed by atoms with Gasteiger partial charge in [0, 0.05) is 18.1 Å². The van der Waals surface area contributed by atoms with Crippen molar-refractivity contribution in [2.45, 2.75) is 39.0 Å². The summed E-state index contributed by atoms with van der Waals surface area (Å²) in [5, 5.41) is 0. The summed E-state index contributed by atoms with van der Waals surface area (Å²) in [4.78, 5) is 23.2. The molecule has 1 aromatic rings. The lowest BCUT2D eigenvalue weighted by Gasteiger charge is -2.12. The molecule has 4 nitrogen and oxygen atoms in total. The number of ketones is 1. The van der Waals surface area contributed by atoms with Crippen molar-refractivity contribution in [2.75, 3.05) is 14.2 Å². The minimum Gasteiger partial charge on any atom is -0.497 e. The third-order valence-electron chi connectivity index (χ3n) is 3.93. The predicted molar refractivity (Wildman–Crippen MR) is 90.7 cm³/mol. The van der Waals surface area contributed by atoms with E-state index in [1.54, 1.807) is 31.4 Å². The van der Waals surface area contributed by atoms with E-state index in [2.05, 4.69) is 11.7 Å². The molecule has 1 rings (SSSR count). The second-order valence-electron chi connectivity index (χ2n) is 5.48. The quantitative estimate of drug-likeness (QED) is 0.369. The number of carbonyl (C=O) groups excluding carboxylic acids is 2. The molecular weight excluding hydrogens is 292 g/mol. The standard InChI is InChI=1S/C19H26O4/c1-4-15(8-6-10-19(21)23-3)7-5-9-18(20)16-11-13-17(22-2)14-12-16/h6,10-15H,4-5,7-9H2,1-3H3/b10-6+/t15-/m0/s1. The number of carbonyl (C=O) groups is 2. The molecule has 23 heavy (non-hydrogen) atoms. The smallest absolute Gasteiger partial charge is 0.330 e. The minimum atomic E-state index is -0.325. The zero-order valence-corrected chi connectivity index (χ0v) is 14.2. The number of hydrogen-bond acceptors (Lipinski definition) is 4. The Morgan fingerprint density at radius 1 is 1.17 bits per heavy atom. The molecule has 0 bridgehead atoms. The van der Waals surface area contributed by atoms with Gasteiger partial charge in [0.2, 0.25) is 0 Å². The Bertz CT molecular complexity index is 517. The summed E-state index contributed by atoms with van der Waals surface area (Å²) in [6.07, 6.45) is 7.56. The van der Waals surface area contributed by atoms with Crippen molar-refractivity contribution in [1.29, 1.82) is 0 Å². The van der Waals surface area contributed by atoms with Gasteiger partial charge in [0.05, 0.1) is 14.2 Å². The van der Waals surface area contributed by atoms with Crippen LogP contribution in [0.15, 0.2) is 36.4 Å². The van der Waals surface area contributed by atoms with Crippen molar-refractivity contribution in [3.8, 4) is 5.75 Å². The van der Waals surface area contributed by atoms with Gasteiger partial charge < -0.3 is 9.47 Å². The third-order valence-corrected chi connectivity index (χ3v) is 3.93. The maximum absolute atomic E-state index is 12.1. The van der Waals surface area contributed by atoms with Crippen LogP contribution in [0.3, 0.4) is 0 Å². The Hall–Kier alpha value is -2.10. The molecule has 0 heterocycles. The summed E-state index contributed by atoms with van der Waals surface area (Å²) in [5.74, 6) is 1.08. The number of methoxy groups -OCH3 is 2. The van der Waals surface area contributed by atoms with E-state index in [1.807, 2.05) is 6.08 Å². The van der Waals surface area contributed by atoms with Gasteiger partial charge in [-0.3, -0.25) is 4.79 Å². The van der Waals surface area contributed by atoms with Crippen LogP contribution in [0.1, 0.15) is 49.4 Å². The molecule has 4 heteroatoms. The van der Waals surface area contributed by atoms with Crippen molar-refractivity contribution < 1.29 is 19.1 Å². The lowest BCUT2D eigenvalue weighted by Crippen LogP contribution is -2.03. The molecule has 1 aromatic carbocycles. The fourth-order valence-electron chi connectivity index (χ4n) is 2.39. The number of hydrogen-bond donors (Lipinski definition) is 0. The fraction of sp³-hybridized carbons (Fsp3) is 0.474. The summed E-state index contributed by atoms with van der Waals surface area (Å²) in [6.45, 7) is 2.13. The fourth-order valence-corrected chi connectivity index (χ4v) is 2.39. The summed E-state index contributed by atoms with van der Waals surface area (Å²) in [7, 11) is 2.98. The Labute approximate surface area is 138 Å². The topological polar surface area (TPSA) is 52.6 Å². The maximum Gasteiger partial charge on any atom is 0.330 e. The van der Waals surface area contributed by atoms with Crippen LogP contribution in [-0.2, 0) is 9.53 Å². The van der Waals surface area contributed by atoms with Gasteiger partial charge in [0.25, 0.3) is 0 Å². The summed E-state index contributed by atoms with van der Waals surface area (Å²) >= 11 is 0. The van der Waals surface area contributed by atoms with Gasteiger partial charge in [-0.25, -0.2) is 4.79 Å². The first-order valence-electron chi connectivity index (χ1n) is 8.02. The highest BCUT2D eigenvalue weighted by atomic mass is 16.5. The molecular formula is C19H26O4. The van der Waals surface area contributed by atoms with Gasteiger partial charge >= 0.3 is 5.97 Å². The molecule has 0 amide bonds. The predicted octanol–water partition coefficient (Wildman–Crippen LogP) is 4.19. The van der Waals surface area contributed by atoms with Crippen molar-refractivity contribution >= 4 is 11.8 Å². The van der Waals surface area contributed by atoms with E-state index < -0.39 is 0 Å². The zero-order chi connectivity index (χ0) is 17.1. The van der Waals surface area contributed by atoms with Crippen molar-refractivity contribution in [3.05, 3.63) is 42.0 Å². The molecule has 0 aliphatic carbocycles. The van der Waals surface area contributed by atoms with Crippen LogP contribution in [0.2, 0.25) is 0 Å². The number of benzene rings is 1. The van der Waals surface area contributed by atoms with Crippen molar-refractivity contribution in [1.82, 2.24) is 0 Å². The molecule has 0 N–H and O–H groups in total. The molecule has 0 aromatic heterocycles. The maximum atomic E-state index is 12.1. The third kappa shape index (κ3) is 7.13. The van der Waals surface area contributed by atoms with Crippen LogP contribution in [0, 0.1) is 5.92 Å². The average Bonchev–Trinajstić information content (AvgIpc) is 2.59. The lowest BCUT2D eigenvalue weighted by atomic mass is 9.94. The highest BCUT2D eigenvalue weighted by Crippen LogP contribution is 2.19. The van der Waals surface area contributed by atoms with E-state index in [0.717, 1.165) is 37.0 Å². The molecule has 1 atom stereocenters. The highest BCUT2D eigenvalue weighted by Gasteiger charge is 2.09. The molecule has 0 aliphatic heterocycles. The van der Waals surface area contributed by atoms with Gasteiger partial charge in [-0.2, -0.15) is 0 Å². The van der Waals surface area contributed by atoms with Crippen LogP contribution < -0.4 is 4.74 Å². The largest absolute Gasteiger partial charge is 0.497 e. The van der Waals surface area contributed by atoms with E-state index in [0.29, 0.717) is 12.3 Å². The SMILES string of the molecule is CC[C@H](C/C=C/C(=O)OC)CCCC(=O)c1ccc(OC)cc1. The van der Waals surface area contributed by atoms with Crippen LogP contribution in [-0.4, -0.2) is 26.0 Å². The van der Waals surface area contributed by atoms with E-state index >= 15 is 0 Å². The van der Waals surface area contributed by atoms with Gasteiger partial charge in [0.15, 0.2) is 5.78 Å². The molecule has 0 unspecified atom stereocenters. The lowest BCUT2D eigenvalue weighted by molar-refractivity contribution is -0.134. The van der Waals surface area contributed by atoms with E-state index in [1.165, 1.54) is 13.2 Å². The number of rotatable bonds is 10. The van der Waals surface area contributed by atoms with Gasteiger partial charge in [-0.1, -0.05) is 19.4 Å². The minimum absolute atomic E-state index is 0.160. The molecule has 0 radical (unpaired) electrons. The van der Waals surface area contributed by atoms with E-state index in [9.17, 15) is 9.59 Å². The van der Waals surface area contributed by atoms with Crippen LogP contribution in [0.25, 0.3) is 0 Å². The Morgan fingerprint density at radius 2 is 1.87 bits per heavy atom. The summed E-state index contributed by atoms with van der Waals surface area (Å²) in [5.41, 5.74) is 0.726. The molecule has 0 saturated heterocycles. The molecule has 0 fully saturated rings. The second kappa shape index (κ2) is 10.6. The van der Waals surface area contributed by atoms with Crippen molar-refractivity contribution in [2.24, 2.45) is 5.92 Å². The first kappa shape index (κ1) is 18.9. The second-order valence-corrected chi connectivity index (χ2v) is 5.48. The first-order chi connectivity index (χ1) is 11.1.